The topological polar surface area (TPSA) is 97.1 Å². The number of rotatable bonds is 8. The van der Waals surface area contributed by atoms with Crippen molar-refractivity contribution in [1.82, 2.24) is 20.8 Å². The summed E-state index contributed by atoms with van der Waals surface area (Å²) in [6.07, 6.45) is 9.01. The first-order chi connectivity index (χ1) is 16.0. The van der Waals surface area contributed by atoms with Gasteiger partial charge in [-0.2, -0.15) is 4.98 Å². The number of aromatic nitrogens is 2. The lowest BCUT2D eigenvalue weighted by molar-refractivity contribution is -0.126. The highest BCUT2D eigenvalue weighted by Gasteiger charge is 2.42. The Morgan fingerprint density at radius 1 is 1.09 bits per heavy atom. The third-order valence-electron chi connectivity index (χ3n) is 7.01. The van der Waals surface area contributed by atoms with Gasteiger partial charge in [-0.05, 0) is 39.0 Å². The highest BCUT2D eigenvalue weighted by molar-refractivity contribution is 5.80. The first-order valence-corrected chi connectivity index (χ1v) is 12.5. The van der Waals surface area contributed by atoms with Gasteiger partial charge in [-0.1, -0.05) is 67.6 Å². The summed E-state index contributed by atoms with van der Waals surface area (Å²) in [6, 6.07) is 9.58. The number of amides is 2. The van der Waals surface area contributed by atoms with Crippen LogP contribution >= 0.6 is 0 Å². The molecule has 0 unspecified atom stereocenters. The van der Waals surface area contributed by atoms with Crippen LogP contribution in [0, 0.1) is 11.8 Å². The van der Waals surface area contributed by atoms with Gasteiger partial charge >= 0.3 is 0 Å². The summed E-state index contributed by atoms with van der Waals surface area (Å²) in [5.74, 6) is 1.41. The van der Waals surface area contributed by atoms with Crippen LogP contribution in [-0.4, -0.2) is 34.0 Å². The van der Waals surface area contributed by atoms with Gasteiger partial charge in [-0.25, -0.2) is 0 Å². The zero-order valence-electron chi connectivity index (χ0n) is 19.8. The Hall–Kier alpha value is -2.70. The number of nitrogens with zero attached hydrogens (tertiary/aromatic N) is 2. The van der Waals surface area contributed by atoms with Crippen molar-refractivity contribution in [3.05, 3.63) is 36.2 Å². The van der Waals surface area contributed by atoms with Crippen LogP contribution < -0.4 is 10.6 Å². The molecular weight excluding hydrogens is 416 g/mol. The summed E-state index contributed by atoms with van der Waals surface area (Å²) in [5, 5.41) is 10.4. The van der Waals surface area contributed by atoms with Gasteiger partial charge in [0.15, 0.2) is 0 Å². The Morgan fingerprint density at radius 3 is 2.58 bits per heavy atom. The predicted octanol–water partition coefficient (Wildman–Crippen LogP) is 4.60. The minimum absolute atomic E-state index is 0.0248. The van der Waals surface area contributed by atoms with Crippen molar-refractivity contribution < 1.29 is 14.1 Å². The van der Waals surface area contributed by atoms with Crippen LogP contribution in [-0.2, 0) is 9.59 Å². The average molecular weight is 453 g/mol. The first kappa shape index (κ1) is 23.5. The second-order valence-corrected chi connectivity index (χ2v) is 9.98. The molecular formula is C26H36N4O3. The zero-order chi connectivity index (χ0) is 23.2. The van der Waals surface area contributed by atoms with Gasteiger partial charge in [0.2, 0.25) is 23.5 Å². The average Bonchev–Trinajstić information content (AvgIpc) is 3.46. The van der Waals surface area contributed by atoms with Crippen LogP contribution in [0.2, 0.25) is 0 Å². The number of carbonyl (C=O) groups is 2. The van der Waals surface area contributed by atoms with Gasteiger partial charge in [0.05, 0.1) is 5.92 Å². The van der Waals surface area contributed by atoms with Crippen molar-refractivity contribution >= 4 is 11.8 Å². The quantitative estimate of drug-likeness (QED) is 0.610. The van der Waals surface area contributed by atoms with Gasteiger partial charge in [-0.3, -0.25) is 9.59 Å². The van der Waals surface area contributed by atoms with E-state index in [9.17, 15) is 9.59 Å². The second-order valence-electron chi connectivity index (χ2n) is 9.98. The van der Waals surface area contributed by atoms with Gasteiger partial charge < -0.3 is 15.2 Å². The van der Waals surface area contributed by atoms with E-state index in [-0.39, 0.29) is 35.7 Å². The lowest BCUT2D eigenvalue weighted by Crippen LogP contribution is -2.38. The molecule has 178 valence electrons. The van der Waals surface area contributed by atoms with Crippen molar-refractivity contribution in [2.24, 2.45) is 11.8 Å². The van der Waals surface area contributed by atoms with Crippen LogP contribution in [0.4, 0.5) is 0 Å². The maximum atomic E-state index is 12.8. The van der Waals surface area contributed by atoms with Crippen LogP contribution in [0.3, 0.4) is 0 Å². The predicted molar refractivity (Wildman–Crippen MR) is 126 cm³/mol. The second kappa shape index (κ2) is 10.9. The van der Waals surface area contributed by atoms with Crippen molar-refractivity contribution in [2.75, 3.05) is 0 Å². The molecule has 4 rings (SSSR count). The fraction of sp³-hybridized carbons (Fsp3) is 0.615. The zero-order valence-corrected chi connectivity index (χ0v) is 19.8. The highest BCUT2D eigenvalue weighted by Crippen LogP contribution is 2.39. The molecule has 0 aliphatic heterocycles. The van der Waals surface area contributed by atoms with Crippen molar-refractivity contribution in [2.45, 2.75) is 89.6 Å². The van der Waals surface area contributed by atoms with Crippen molar-refractivity contribution in [3.8, 4) is 11.4 Å². The Labute approximate surface area is 196 Å². The standard InChI is InChI=1S/C26H36N4O3/c1-17(2)27-25(32)20-15-21(26-29-24(30-33-26)19-11-7-4-8-12-19)22(16-20)28-23(31)14-13-18-9-5-3-6-10-18/h4,7-8,11-12,17-18,20-22H,3,5-6,9-10,13-16H2,1-2H3,(H,27,32)(H,28,31)/t20-,21-,22+/m1/s1. The molecule has 2 fully saturated rings. The van der Waals surface area contributed by atoms with E-state index in [1.807, 2.05) is 44.2 Å². The fourth-order valence-corrected chi connectivity index (χ4v) is 5.27. The van der Waals surface area contributed by atoms with E-state index in [1.54, 1.807) is 0 Å². The molecule has 0 bridgehead atoms. The molecule has 7 nitrogen and oxygen atoms in total. The normalized spacial score (nSPS) is 23.5. The molecule has 0 saturated heterocycles. The van der Waals surface area contributed by atoms with Crippen LogP contribution in [0.1, 0.15) is 83.4 Å². The van der Waals surface area contributed by atoms with E-state index >= 15 is 0 Å². The van der Waals surface area contributed by atoms with Gasteiger partial charge in [0, 0.05) is 30.0 Å². The van der Waals surface area contributed by atoms with E-state index < -0.39 is 0 Å². The van der Waals surface area contributed by atoms with Gasteiger partial charge in [0.25, 0.3) is 0 Å². The molecule has 7 heteroatoms. The molecule has 33 heavy (non-hydrogen) atoms. The maximum Gasteiger partial charge on any atom is 0.232 e. The maximum absolute atomic E-state index is 12.8. The van der Waals surface area contributed by atoms with Crippen molar-refractivity contribution in [1.29, 1.82) is 0 Å². The largest absolute Gasteiger partial charge is 0.354 e. The summed E-state index contributed by atoms with van der Waals surface area (Å²) >= 11 is 0. The highest BCUT2D eigenvalue weighted by atomic mass is 16.5. The summed E-state index contributed by atoms with van der Waals surface area (Å²) in [4.78, 5) is 30.2. The third-order valence-corrected chi connectivity index (χ3v) is 7.01. The minimum Gasteiger partial charge on any atom is -0.354 e. The van der Waals surface area contributed by atoms with Gasteiger partial charge in [-0.15, -0.1) is 0 Å². The monoisotopic (exact) mass is 452 g/mol. The van der Waals surface area contributed by atoms with E-state index in [0.29, 0.717) is 36.9 Å². The molecule has 1 aromatic carbocycles. The Bertz CT molecular complexity index is 921. The Balaban J connectivity index is 1.44. The van der Waals surface area contributed by atoms with E-state index in [1.165, 1.54) is 32.1 Å². The molecule has 2 aromatic rings. The van der Waals surface area contributed by atoms with Crippen molar-refractivity contribution in [3.63, 3.8) is 0 Å². The molecule has 2 aliphatic rings. The van der Waals surface area contributed by atoms with E-state index in [4.69, 9.17) is 4.52 Å². The molecule has 0 radical (unpaired) electrons. The Kier molecular flexibility index (Phi) is 7.78. The molecule has 2 saturated carbocycles. The number of carbonyl (C=O) groups excluding carboxylic acids is 2. The molecule has 2 amide bonds. The molecule has 2 aliphatic carbocycles. The number of hydrogen-bond donors (Lipinski definition) is 2. The van der Waals surface area contributed by atoms with E-state index in [2.05, 4.69) is 20.8 Å². The molecule has 3 atom stereocenters. The first-order valence-electron chi connectivity index (χ1n) is 12.5. The Morgan fingerprint density at radius 2 is 1.85 bits per heavy atom. The summed E-state index contributed by atoms with van der Waals surface area (Å²) in [6.45, 7) is 3.91. The lowest BCUT2D eigenvalue weighted by atomic mass is 9.86. The molecule has 2 N–H and O–H groups in total. The smallest absolute Gasteiger partial charge is 0.232 e. The molecule has 1 heterocycles. The van der Waals surface area contributed by atoms with Crippen LogP contribution in [0.25, 0.3) is 11.4 Å². The lowest BCUT2D eigenvalue weighted by Gasteiger charge is -2.22. The summed E-state index contributed by atoms with van der Waals surface area (Å²) in [5.41, 5.74) is 0.882. The molecule has 1 aromatic heterocycles. The van der Waals surface area contributed by atoms with Crippen LogP contribution in [0.15, 0.2) is 34.9 Å². The summed E-state index contributed by atoms with van der Waals surface area (Å²) < 4.78 is 5.64. The van der Waals surface area contributed by atoms with E-state index in [0.717, 1.165) is 12.0 Å². The number of hydrogen-bond acceptors (Lipinski definition) is 5. The minimum atomic E-state index is -0.187. The third kappa shape index (κ3) is 6.21. The fourth-order valence-electron chi connectivity index (χ4n) is 5.27. The number of benzene rings is 1. The van der Waals surface area contributed by atoms with Crippen LogP contribution in [0.5, 0.6) is 0 Å². The summed E-state index contributed by atoms with van der Waals surface area (Å²) in [7, 11) is 0. The SMILES string of the molecule is CC(C)NC(=O)[C@H]1C[C@H](NC(=O)CCC2CCCCC2)[C@H](c2nc(-c3ccccc3)no2)C1. The van der Waals surface area contributed by atoms with Gasteiger partial charge in [0.1, 0.15) is 0 Å². The number of nitrogens with one attached hydrogen (secondary N) is 2. The molecule has 0 spiro atoms.